The molecule has 1 amide bonds. The Labute approximate surface area is 87.1 Å². The maximum atomic E-state index is 10.1. The van der Waals surface area contributed by atoms with Crippen LogP contribution >= 0.6 is 0 Å². The van der Waals surface area contributed by atoms with Gasteiger partial charge in [-0.2, -0.15) is 0 Å². The molecule has 0 aliphatic heterocycles. The molecule has 0 aromatic heterocycles. The van der Waals surface area contributed by atoms with Gasteiger partial charge in [0.15, 0.2) is 0 Å². The zero-order chi connectivity index (χ0) is 11.0. The molecule has 2 nitrogen and oxygen atoms in total. The zero-order valence-corrected chi connectivity index (χ0v) is 9.63. The van der Waals surface area contributed by atoms with Gasteiger partial charge < -0.3 is 5.32 Å². The fourth-order valence-corrected chi connectivity index (χ4v) is 1.22. The first-order chi connectivity index (χ1) is 6.61. The number of allylic oxidation sites excluding steroid dienone is 4. The van der Waals surface area contributed by atoms with Crippen LogP contribution in [0.1, 0.15) is 40.5 Å². The zero-order valence-electron chi connectivity index (χ0n) is 9.63. The molecule has 2 heteroatoms. The van der Waals surface area contributed by atoms with E-state index in [4.69, 9.17) is 0 Å². The second-order valence-corrected chi connectivity index (χ2v) is 3.71. The Morgan fingerprint density at radius 2 is 2.00 bits per heavy atom. The van der Waals surface area contributed by atoms with Crippen LogP contribution in [0.4, 0.5) is 0 Å². The van der Waals surface area contributed by atoms with Crippen LogP contribution in [0, 0.1) is 5.92 Å². The Kier molecular flexibility index (Phi) is 6.81. The van der Waals surface area contributed by atoms with Crippen molar-refractivity contribution in [2.75, 3.05) is 0 Å². The van der Waals surface area contributed by atoms with Crippen LogP contribution in [0.5, 0.6) is 0 Å². The first-order valence-electron chi connectivity index (χ1n) is 5.17. The molecule has 0 heterocycles. The third kappa shape index (κ3) is 5.57. The highest BCUT2D eigenvalue weighted by atomic mass is 16.1. The van der Waals surface area contributed by atoms with Crippen molar-refractivity contribution in [2.45, 2.75) is 40.5 Å². The number of amides is 1. The lowest BCUT2D eigenvalue weighted by Gasteiger charge is -2.09. The first-order valence-corrected chi connectivity index (χ1v) is 5.17. The van der Waals surface area contributed by atoms with Crippen molar-refractivity contribution in [2.24, 2.45) is 5.92 Å². The molecule has 0 saturated heterocycles. The van der Waals surface area contributed by atoms with E-state index in [1.165, 1.54) is 18.4 Å². The third-order valence-electron chi connectivity index (χ3n) is 2.38. The summed E-state index contributed by atoms with van der Waals surface area (Å²) in [5, 5.41) is 2.61. The van der Waals surface area contributed by atoms with Crippen molar-refractivity contribution in [1.29, 1.82) is 0 Å². The predicted octanol–water partition coefficient (Wildman–Crippen LogP) is 3.02. The Morgan fingerprint density at radius 1 is 1.36 bits per heavy atom. The number of rotatable bonds is 6. The van der Waals surface area contributed by atoms with Gasteiger partial charge in [0, 0.05) is 5.70 Å². The van der Waals surface area contributed by atoms with Gasteiger partial charge in [-0.15, -0.1) is 0 Å². The van der Waals surface area contributed by atoms with E-state index in [1.54, 1.807) is 0 Å². The molecule has 80 valence electrons. The highest BCUT2D eigenvalue weighted by Crippen LogP contribution is 2.15. The summed E-state index contributed by atoms with van der Waals surface area (Å²) < 4.78 is 0. The summed E-state index contributed by atoms with van der Waals surface area (Å²) >= 11 is 0. The monoisotopic (exact) mass is 195 g/mol. The standard InChI is InChI=1S/C12H21NO/c1-5-6-10(2)11(3)7-8-12(4)13-9-14/h7-10H,5-6H2,1-4H3,(H,13,14)/b11-7+,12-8+. The second-order valence-electron chi connectivity index (χ2n) is 3.71. The molecule has 0 aliphatic rings. The molecular formula is C12H21NO. The Bertz CT molecular complexity index is 228. The van der Waals surface area contributed by atoms with Gasteiger partial charge >= 0.3 is 0 Å². The van der Waals surface area contributed by atoms with Crippen LogP contribution in [-0.2, 0) is 4.79 Å². The van der Waals surface area contributed by atoms with E-state index in [2.05, 4.69) is 32.2 Å². The van der Waals surface area contributed by atoms with E-state index in [0.717, 1.165) is 5.70 Å². The summed E-state index contributed by atoms with van der Waals surface area (Å²) in [5.74, 6) is 0.625. The highest BCUT2D eigenvalue weighted by molar-refractivity contribution is 5.49. The van der Waals surface area contributed by atoms with Crippen molar-refractivity contribution < 1.29 is 4.79 Å². The van der Waals surface area contributed by atoms with Crippen LogP contribution in [0.3, 0.4) is 0 Å². The molecule has 1 atom stereocenters. The fourth-order valence-electron chi connectivity index (χ4n) is 1.22. The minimum absolute atomic E-state index is 0.625. The molecule has 0 aliphatic carbocycles. The van der Waals surface area contributed by atoms with Gasteiger partial charge in [0.05, 0.1) is 0 Å². The van der Waals surface area contributed by atoms with Gasteiger partial charge in [0.1, 0.15) is 0 Å². The molecular weight excluding hydrogens is 174 g/mol. The molecule has 0 aromatic carbocycles. The minimum Gasteiger partial charge on any atom is -0.333 e. The van der Waals surface area contributed by atoms with Gasteiger partial charge in [-0.1, -0.05) is 31.9 Å². The van der Waals surface area contributed by atoms with Crippen LogP contribution < -0.4 is 5.32 Å². The maximum absolute atomic E-state index is 10.1. The summed E-state index contributed by atoms with van der Waals surface area (Å²) in [7, 11) is 0. The minimum atomic E-state index is 0.625. The summed E-state index contributed by atoms with van der Waals surface area (Å²) in [6.07, 6.45) is 7.14. The number of carbonyl (C=O) groups is 1. The lowest BCUT2D eigenvalue weighted by atomic mass is 9.97. The largest absolute Gasteiger partial charge is 0.333 e. The van der Waals surface area contributed by atoms with Crippen molar-refractivity contribution in [3.63, 3.8) is 0 Å². The highest BCUT2D eigenvalue weighted by Gasteiger charge is 2.00. The quantitative estimate of drug-likeness (QED) is 0.512. The van der Waals surface area contributed by atoms with E-state index in [1.807, 2.05) is 13.0 Å². The predicted molar refractivity (Wildman–Crippen MR) is 60.8 cm³/mol. The van der Waals surface area contributed by atoms with E-state index in [9.17, 15) is 4.79 Å². The lowest BCUT2D eigenvalue weighted by Crippen LogP contribution is -2.06. The average molecular weight is 195 g/mol. The maximum Gasteiger partial charge on any atom is 0.211 e. The number of carbonyl (C=O) groups excluding carboxylic acids is 1. The first kappa shape index (κ1) is 12.9. The third-order valence-corrected chi connectivity index (χ3v) is 2.38. The van der Waals surface area contributed by atoms with Crippen LogP contribution in [0.25, 0.3) is 0 Å². The molecule has 0 aromatic rings. The average Bonchev–Trinajstić information content (AvgIpc) is 2.15. The molecule has 14 heavy (non-hydrogen) atoms. The number of hydrogen-bond acceptors (Lipinski definition) is 1. The molecule has 0 bridgehead atoms. The Balaban J connectivity index is 4.21. The summed E-state index contributed by atoms with van der Waals surface area (Å²) in [6, 6.07) is 0. The van der Waals surface area contributed by atoms with Crippen molar-refractivity contribution in [1.82, 2.24) is 5.32 Å². The van der Waals surface area contributed by atoms with E-state index >= 15 is 0 Å². The normalized spacial score (nSPS) is 15.1. The SMILES string of the molecule is CCCC(C)/C(C)=C/C=C(\C)NC=O. The Morgan fingerprint density at radius 3 is 2.50 bits per heavy atom. The van der Waals surface area contributed by atoms with Gasteiger partial charge in [-0.25, -0.2) is 0 Å². The Hall–Kier alpha value is -1.05. The van der Waals surface area contributed by atoms with Crippen molar-refractivity contribution in [3.8, 4) is 0 Å². The summed E-state index contributed by atoms with van der Waals surface area (Å²) in [6.45, 7) is 8.43. The van der Waals surface area contributed by atoms with Crippen molar-refractivity contribution in [3.05, 3.63) is 23.4 Å². The fraction of sp³-hybridized carbons (Fsp3) is 0.583. The smallest absolute Gasteiger partial charge is 0.211 e. The van der Waals surface area contributed by atoms with Crippen LogP contribution in [0.15, 0.2) is 23.4 Å². The van der Waals surface area contributed by atoms with Crippen LogP contribution in [-0.4, -0.2) is 6.41 Å². The lowest BCUT2D eigenvalue weighted by molar-refractivity contribution is -0.108. The molecule has 0 saturated carbocycles. The van der Waals surface area contributed by atoms with Crippen LogP contribution in [0.2, 0.25) is 0 Å². The number of nitrogens with one attached hydrogen (secondary N) is 1. The molecule has 1 unspecified atom stereocenters. The van der Waals surface area contributed by atoms with Gasteiger partial charge in [-0.3, -0.25) is 4.79 Å². The topological polar surface area (TPSA) is 29.1 Å². The van der Waals surface area contributed by atoms with E-state index < -0.39 is 0 Å². The molecule has 0 rings (SSSR count). The van der Waals surface area contributed by atoms with Gasteiger partial charge in [0.2, 0.25) is 6.41 Å². The second kappa shape index (κ2) is 7.36. The van der Waals surface area contributed by atoms with Gasteiger partial charge in [0.25, 0.3) is 0 Å². The van der Waals surface area contributed by atoms with E-state index in [0.29, 0.717) is 12.3 Å². The molecule has 1 N–H and O–H groups in total. The van der Waals surface area contributed by atoms with Gasteiger partial charge in [-0.05, 0) is 32.3 Å². The van der Waals surface area contributed by atoms with Crippen molar-refractivity contribution >= 4 is 6.41 Å². The summed E-state index contributed by atoms with van der Waals surface area (Å²) in [4.78, 5) is 10.1. The molecule has 0 spiro atoms. The molecule has 0 fully saturated rings. The number of hydrogen-bond donors (Lipinski definition) is 1. The summed E-state index contributed by atoms with van der Waals surface area (Å²) in [5.41, 5.74) is 2.24. The molecule has 0 radical (unpaired) electrons. The van der Waals surface area contributed by atoms with E-state index in [-0.39, 0.29) is 0 Å².